The average Bonchev–Trinajstić information content (AvgIpc) is 3.25. The minimum Gasteiger partial charge on any atom is -0.454 e. The molecule has 0 aliphatic heterocycles. The SMILES string of the molecule is Cc1ccc(Oc2cnccc2CNC2CC2)cn1. The van der Waals surface area contributed by atoms with Gasteiger partial charge in [-0.2, -0.15) is 0 Å². The van der Waals surface area contributed by atoms with Gasteiger partial charge in [-0.3, -0.25) is 9.97 Å². The molecule has 2 aromatic heterocycles. The van der Waals surface area contributed by atoms with E-state index in [0.717, 1.165) is 29.3 Å². The lowest BCUT2D eigenvalue weighted by Gasteiger charge is -2.11. The van der Waals surface area contributed by atoms with Gasteiger partial charge in [-0.25, -0.2) is 0 Å². The topological polar surface area (TPSA) is 47.0 Å². The van der Waals surface area contributed by atoms with Gasteiger partial charge in [0.15, 0.2) is 0 Å². The van der Waals surface area contributed by atoms with Crippen molar-refractivity contribution in [1.82, 2.24) is 15.3 Å². The molecule has 1 saturated carbocycles. The number of hydrogen-bond donors (Lipinski definition) is 1. The zero-order chi connectivity index (χ0) is 13.1. The van der Waals surface area contributed by atoms with Crippen LogP contribution in [0.5, 0.6) is 11.5 Å². The minimum absolute atomic E-state index is 0.682. The average molecular weight is 255 g/mol. The predicted molar refractivity (Wildman–Crippen MR) is 73.1 cm³/mol. The maximum atomic E-state index is 5.85. The third-order valence-electron chi connectivity index (χ3n) is 3.14. The first-order valence-electron chi connectivity index (χ1n) is 6.58. The molecule has 4 heteroatoms. The van der Waals surface area contributed by atoms with Crippen molar-refractivity contribution in [1.29, 1.82) is 0 Å². The van der Waals surface area contributed by atoms with Crippen molar-refractivity contribution < 1.29 is 4.74 Å². The maximum absolute atomic E-state index is 5.85. The number of rotatable bonds is 5. The molecule has 1 N–H and O–H groups in total. The van der Waals surface area contributed by atoms with Crippen molar-refractivity contribution in [2.24, 2.45) is 0 Å². The molecule has 0 radical (unpaired) electrons. The lowest BCUT2D eigenvalue weighted by molar-refractivity contribution is 0.467. The van der Waals surface area contributed by atoms with Gasteiger partial charge in [-0.1, -0.05) is 0 Å². The molecule has 1 aliphatic rings. The van der Waals surface area contributed by atoms with Gasteiger partial charge >= 0.3 is 0 Å². The van der Waals surface area contributed by atoms with Gasteiger partial charge in [-0.15, -0.1) is 0 Å². The van der Waals surface area contributed by atoms with Gasteiger partial charge in [0.2, 0.25) is 0 Å². The van der Waals surface area contributed by atoms with E-state index in [1.54, 1.807) is 18.6 Å². The molecule has 0 amide bonds. The lowest BCUT2D eigenvalue weighted by atomic mass is 10.2. The molecule has 0 bridgehead atoms. The molecule has 0 atom stereocenters. The summed E-state index contributed by atoms with van der Waals surface area (Å²) in [6, 6.07) is 6.54. The standard InChI is InChI=1S/C15H17N3O/c1-11-2-5-14(9-17-11)19-15-10-16-7-6-12(15)8-18-13-3-4-13/h2,5-7,9-10,13,18H,3-4,8H2,1H3. The second-order valence-electron chi connectivity index (χ2n) is 4.88. The fourth-order valence-electron chi connectivity index (χ4n) is 1.83. The molecule has 19 heavy (non-hydrogen) atoms. The molecule has 3 rings (SSSR count). The van der Waals surface area contributed by atoms with E-state index in [0.29, 0.717) is 6.04 Å². The second kappa shape index (κ2) is 5.36. The third kappa shape index (κ3) is 3.29. The van der Waals surface area contributed by atoms with E-state index in [1.165, 1.54) is 12.8 Å². The summed E-state index contributed by atoms with van der Waals surface area (Å²) in [5.41, 5.74) is 2.11. The highest BCUT2D eigenvalue weighted by molar-refractivity contribution is 5.34. The normalized spacial score (nSPS) is 14.4. The monoisotopic (exact) mass is 255 g/mol. The van der Waals surface area contributed by atoms with E-state index < -0.39 is 0 Å². The predicted octanol–water partition coefficient (Wildman–Crippen LogP) is 2.83. The highest BCUT2D eigenvalue weighted by atomic mass is 16.5. The van der Waals surface area contributed by atoms with Crippen LogP contribution in [0.1, 0.15) is 24.1 Å². The quantitative estimate of drug-likeness (QED) is 0.892. The summed E-state index contributed by atoms with van der Waals surface area (Å²) in [5.74, 6) is 1.53. The van der Waals surface area contributed by atoms with Crippen molar-refractivity contribution in [3.05, 3.63) is 48.0 Å². The molecule has 2 heterocycles. The smallest absolute Gasteiger partial charge is 0.150 e. The van der Waals surface area contributed by atoms with Gasteiger partial charge in [0.25, 0.3) is 0 Å². The van der Waals surface area contributed by atoms with E-state index >= 15 is 0 Å². The number of aromatic nitrogens is 2. The van der Waals surface area contributed by atoms with Crippen LogP contribution in [-0.4, -0.2) is 16.0 Å². The second-order valence-corrected chi connectivity index (χ2v) is 4.88. The van der Waals surface area contributed by atoms with E-state index in [1.807, 2.05) is 25.1 Å². The zero-order valence-corrected chi connectivity index (χ0v) is 11.0. The summed E-state index contributed by atoms with van der Waals surface area (Å²) in [5, 5.41) is 3.48. The number of aryl methyl sites for hydroxylation is 1. The maximum Gasteiger partial charge on any atom is 0.150 e. The van der Waals surface area contributed by atoms with Crippen LogP contribution in [0.15, 0.2) is 36.8 Å². The molecular weight excluding hydrogens is 238 g/mol. The van der Waals surface area contributed by atoms with Crippen LogP contribution < -0.4 is 10.1 Å². The summed E-state index contributed by atoms with van der Waals surface area (Å²) in [6.07, 6.45) is 7.85. The van der Waals surface area contributed by atoms with E-state index in [-0.39, 0.29) is 0 Å². The number of hydrogen-bond acceptors (Lipinski definition) is 4. The summed E-state index contributed by atoms with van der Waals surface area (Å²) in [4.78, 5) is 8.36. The Labute approximate surface area is 112 Å². The van der Waals surface area contributed by atoms with Crippen LogP contribution in [0.4, 0.5) is 0 Å². The van der Waals surface area contributed by atoms with Gasteiger partial charge in [0, 0.05) is 30.0 Å². The van der Waals surface area contributed by atoms with Gasteiger partial charge in [0.1, 0.15) is 11.5 Å². The first kappa shape index (κ1) is 12.1. The summed E-state index contributed by atoms with van der Waals surface area (Å²) in [6.45, 7) is 2.78. The van der Waals surface area contributed by atoms with Crippen molar-refractivity contribution in [3.8, 4) is 11.5 Å². The Balaban J connectivity index is 1.73. The van der Waals surface area contributed by atoms with Crippen LogP contribution in [-0.2, 0) is 6.54 Å². The van der Waals surface area contributed by atoms with E-state index in [4.69, 9.17) is 4.74 Å². The number of pyridine rings is 2. The molecule has 1 aliphatic carbocycles. The summed E-state index contributed by atoms with van der Waals surface area (Å²) in [7, 11) is 0. The van der Waals surface area contributed by atoms with Crippen molar-refractivity contribution in [2.75, 3.05) is 0 Å². The molecule has 0 saturated heterocycles. The Morgan fingerprint density at radius 1 is 1.26 bits per heavy atom. The molecule has 2 aromatic rings. The highest BCUT2D eigenvalue weighted by Gasteiger charge is 2.20. The van der Waals surface area contributed by atoms with Crippen LogP contribution >= 0.6 is 0 Å². The van der Waals surface area contributed by atoms with Crippen molar-refractivity contribution >= 4 is 0 Å². The number of nitrogens with one attached hydrogen (secondary N) is 1. The summed E-state index contributed by atoms with van der Waals surface area (Å²) >= 11 is 0. The Kier molecular flexibility index (Phi) is 3.42. The zero-order valence-electron chi connectivity index (χ0n) is 11.0. The molecule has 0 spiro atoms. The Morgan fingerprint density at radius 2 is 2.16 bits per heavy atom. The van der Waals surface area contributed by atoms with Gasteiger partial charge in [0.05, 0.1) is 12.4 Å². The molecular formula is C15H17N3O. The lowest BCUT2D eigenvalue weighted by Crippen LogP contribution is -2.15. The van der Waals surface area contributed by atoms with Gasteiger partial charge in [-0.05, 0) is 38.0 Å². The van der Waals surface area contributed by atoms with Crippen molar-refractivity contribution in [2.45, 2.75) is 32.4 Å². The highest BCUT2D eigenvalue weighted by Crippen LogP contribution is 2.25. The molecule has 98 valence electrons. The van der Waals surface area contributed by atoms with Crippen LogP contribution in [0, 0.1) is 6.92 Å². The summed E-state index contributed by atoms with van der Waals surface area (Å²) < 4.78 is 5.85. The largest absolute Gasteiger partial charge is 0.454 e. The Morgan fingerprint density at radius 3 is 2.89 bits per heavy atom. The molecule has 0 aromatic carbocycles. The van der Waals surface area contributed by atoms with E-state index in [9.17, 15) is 0 Å². The molecule has 0 unspecified atom stereocenters. The Bertz CT molecular complexity index is 550. The molecule has 1 fully saturated rings. The van der Waals surface area contributed by atoms with Crippen LogP contribution in [0.25, 0.3) is 0 Å². The molecule has 4 nitrogen and oxygen atoms in total. The van der Waals surface area contributed by atoms with E-state index in [2.05, 4.69) is 15.3 Å². The first-order chi connectivity index (χ1) is 9.31. The minimum atomic E-state index is 0.682. The fourth-order valence-corrected chi connectivity index (χ4v) is 1.83. The first-order valence-corrected chi connectivity index (χ1v) is 6.58. The Hall–Kier alpha value is -1.94. The van der Waals surface area contributed by atoms with Crippen LogP contribution in [0.2, 0.25) is 0 Å². The third-order valence-corrected chi connectivity index (χ3v) is 3.14. The van der Waals surface area contributed by atoms with Crippen molar-refractivity contribution in [3.63, 3.8) is 0 Å². The van der Waals surface area contributed by atoms with Crippen LogP contribution in [0.3, 0.4) is 0 Å². The fraction of sp³-hybridized carbons (Fsp3) is 0.333. The number of nitrogens with zero attached hydrogens (tertiary/aromatic N) is 2. The number of ether oxygens (including phenoxy) is 1. The van der Waals surface area contributed by atoms with Gasteiger partial charge < -0.3 is 10.1 Å².